The van der Waals surface area contributed by atoms with E-state index in [0.717, 1.165) is 32.7 Å². The summed E-state index contributed by atoms with van der Waals surface area (Å²) in [6.07, 6.45) is 1.43. The first-order chi connectivity index (χ1) is 9.99. The summed E-state index contributed by atoms with van der Waals surface area (Å²) in [6, 6.07) is 0.450. The molecule has 0 spiro atoms. The van der Waals surface area contributed by atoms with Crippen LogP contribution in [0, 0.1) is 5.92 Å². The molecule has 0 radical (unpaired) electrons. The number of aromatic nitrogens is 2. The van der Waals surface area contributed by atoms with Gasteiger partial charge in [0.05, 0.1) is 0 Å². The molecule has 1 aromatic heterocycles. The molecular weight excluding hydrogens is 288 g/mol. The van der Waals surface area contributed by atoms with E-state index < -0.39 is 0 Å². The van der Waals surface area contributed by atoms with E-state index in [0.29, 0.717) is 28.6 Å². The molecule has 21 heavy (non-hydrogen) atoms. The lowest BCUT2D eigenvalue weighted by molar-refractivity contribution is 0.0944. The van der Waals surface area contributed by atoms with Gasteiger partial charge in [0.25, 0.3) is 0 Å². The molecule has 118 valence electrons. The lowest BCUT2D eigenvalue weighted by atomic mass is 10.0. The Morgan fingerprint density at radius 1 is 1.29 bits per heavy atom. The molecule has 0 aliphatic carbocycles. The zero-order valence-corrected chi connectivity index (χ0v) is 13.8. The van der Waals surface area contributed by atoms with Crippen molar-refractivity contribution in [3.63, 3.8) is 0 Å². The first kappa shape index (κ1) is 16.3. The van der Waals surface area contributed by atoms with Crippen LogP contribution >= 0.6 is 11.6 Å². The van der Waals surface area contributed by atoms with Gasteiger partial charge in [-0.25, -0.2) is 9.97 Å². The molecule has 1 aliphatic heterocycles. The minimum absolute atomic E-state index is 0.315. The molecule has 0 amide bonds. The lowest BCUT2D eigenvalue weighted by Gasteiger charge is -2.40. The third-order valence-corrected chi connectivity index (χ3v) is 4.44. The number of likely N-dealkylation sites (N-methyl/N-ethyl adjacent to an activating group) is 1. The monoisotopic (exact) mass is 312 g/mol. The predicted molar refractivity (Wildman–Crippen MR) is 87.6 cm³/mol. The van der Waals surface area contributed by atoms with Crippen LogP contribution in [0.5, 0.6) is 0 Å². The Labute approximate surface area is 131 Å². The molecular formula is C14H25ClN6. The number of nitrogens with two attached hydrogens (primary N) is 1. The number of nitrogen functional groups attached to an aromatic ring is 1. The third-order valence-electron chi connectivity index (χ3n) is 4.07. The molecule has 2 heterocycles. The largest absolute Gasteiger partial charge is 0.382 e. The minimum Gasteiger partial charge on any atom is -0.382 e. The summed E-state index contributed by atoms with van der Waals surface area (Å²) in [5.74, 6) is 1.48. The van der Waals surface area contributed by atoms with Crippen molar-refractivity contribution in [1.82, 2.24) is 19.8 Å². The molecule has 0 bridgehead atoms. The average Bonchev–Trinajstić information content (AvgIpc) is 2.45. The van der Waals surface area contributed by atoms with Gasteiger partial charge in [0.2, 0.25) is 0 Å². The SMILES string of the molecule is CC(C)C(CNc1ncnc(N)c1Cl)N1CCN(C)CC1. The number of hydrogen-bond donors (Lipinski definition) is 2. The molecule has 1 aliphatic rings. The van der Waals surface area contributed by atoms with Gasteiger partial charge in [-0.15, -0.1) is 0 Å². The predicted octanol–water partition coefficient (Wildman–Crippen LogP) is 1.40. The van der Waals surface area contributed by atoms with Gasteiger partial charge in [0.15, 0.2) is 5.82 Å². The summed E-state index contributed by atoms with van der Waals surface area (Å²) in [4.78, 5) is 12.9. The van der Waals surface area contributed by atoms with Crippen LogP contribution in [0.1, 0.15) is 13.8 Å². The highest BCUT2D eigenvalue weighted by Gasteiger charge is 2.25. The smallest absolute Gasteiger partial charge is 0.150 e. The summed E-state index contributed by atoms with van der Waals surface area (Å²) < 4.78 is 0. The highest BCUT2D eigenvalue weighted by Crippen LogP contribution is 2.24. The first-order valence-electron chi connectivity index (χ1n) is 7.41. The number of hydrogen-bond acceptors (Lipinski definition) is 6. The molecule has 0 saturated carbocycles. The van der Waals surface area contributed by atoms with E-state index >= 15 is 0 Å². The zero-order chi connectivity index (χ0) is 15.4. The van der Waals surface area contributed by atoms with Gasteiger partial charge in [-0.3, -0.25) is 4.90 Å². The summed E-state index contributed by atoms with van der Waals surface area (Å²) >= 11 is 6.13. The van der Waals surface area contributed by atoms with Crippen molar-refractivity contribution < 1.29 is 0 Å². The van der Waals surface area contributed by atoms with Crippen LogP contribution in [0.25, 0.3) is 0 Å². The van der Waals surface area contributed by atoms with Gasteiger partial charge in [-0.2, -0.15) is 0 Å². The molecule has 6 nitrogen and oxygen atoms in total. The van der Waals surface area contributed by atoms with Crippen LogP contribution < -0.4 is 11.1 Å². The van der Waals surface area contributed by atoms with E-state index in [1.807, 2.05) is 0 Å². The maximum absolute atomic E-state index is 6.13. The standard InChI is InChI=1S/C14H25ClN6/c1-10(2)11(21-6-4-20(3)5-7-21)8-17-14-12(15)13(16)18-9-19-14/h9-11H,4-8H2,1-3H3,(H3,16,17,18,19). The second kappa shape index (κ2) is 7.24. The van der Waals surface area contributed by atoms with Crippen molar-refractivity contribution in [2.75, 3.05) is 50.8 Å². The zero-order valence-electron chi connectivity index (χ0n) is 13.0. The summed E-state index contributed by atoms with van der Waals surface area (Å²) in [5.41, 5.74) is 5.71. The first-order valence-corrected chi connectivity index (χ1v) is 7.79. The van der Waals surface area contributed by atoms with Crippen molar-refractivity contribution in [2.45, 2.75) is 19.9 Å². The second-order valence-electron chi connectivity index (χ2n) is 5.95. The van der Waals surface area contributed by atoms with Gasteiger partial charge >= 0.3 is 0 Å². The number of nitrogens with one attached hydrogen (secondary N) is 1. The Kier molecular flexibility index (Phi) is 5.61. The minimum atomic E-state index is 0.315. The highest BCUT2D eigenvalue weighted by molar-refractivity contribution is 6.35. The topological polar surface area (TPSA) is 70.3 Å². The van der Waals surface area contributed by atoms with Crippen LogP contribution in [-0.4, -0.2) is 65.6 Å². The number of anilines is 2. The van der Waals surface area contributed by atoms with Crippen molar-refractivity contribution in [3.05, 3.63) is 11.3 Å². The molecule has 3 N–H and O–H groups in total. The maximum Gasteiger partial charge on any atom is 0.150 e. The molecule has 0 aromatic carbocycles. The second-order valence-corrected chi connectivity index (χ2v) is 6.33. The van der Waals surface area contributed by atoms with Gasteiger partial charge < -0.3 is 16.0 Å². The molecule has 1 fully saturated rings. The van der Waals surface area contributed by atoms with Crippen molar-refractivity contribution in [3.8, 4) is 0 Å². The summed E-state index contributed by atoms with van der Waals surface area (Å²) in [5, 5.41) is 3.73. The molecule has 1 unspecified atom stereocenters. The van der Waals surface area contributed by atoms with E-state index in [9.17, 15) is 0 Å². The number of halogens is 1. The van der Waals surface area contributed by atoms with E-state index in [1.54, 1.807) is 0 Å². The lowest BCUT2D eigenvalue weighted by Crippen LogP contribution is -2.52. The molecule has 1 atom stereocenters. The molecule has 1 saturated heterocycles. The fourth-order valence-corrected chi connectivity index (χ4v) is 2.81. The van der Waals surface area contributed by atoms with Gasteiger partial charge in [-0.05, 0) is 13.0 Å². The van der Waals surface area contributed by atoms with E-state index in [2.05, 4.69) is 46.0 Å². The van der Waals surface area contributed by atoms with E-state index in [4.69, 9.17) is 17.3 Å². The van der Waals surface area contributed by atoms with E-state index in [-0.39, 0.29) is 0 Å². The number of nitrogens with zero attached hydrogens (tertiary/aromatic N) is 4. The van der Waals surface area contributed by atoms with E-state index in [1.165, 1.54) is 6.33 Å². The Bertz CT molecular complexity index is 459. The fraction of sp³-hybridized carbons (Fsp3) is 0.714. The third kappa shape index (κ3) is 4.18. The fourth-order valence-electron chi connectivity index (χ4n) is 2.65. The average molecular weight is 313 g/mol. The molecule has 7 heteroatoms. The van der Waals surface area contributed by atoms with Crippen LogP contribution in [0.4, 0.5) is 11.6 Å². The van der Waals surface area contributed by atoms with Crippen LogP contribution in [-0.2, 0) is 0 Å². The van der Waals surface area contributed by atoms with Crippen LogP contribution in [0.2, 0.25) is 5.02 Å². The number of rotatable bonds is 5. The Morgan fingerprint density at radius 2 is 1.95 bits per heavy atom. The van der Waals surface area contributed by atoms with Crippen molar-refractivity contribution in [2.24, 2.45) is 5.92 Å². The van der Waals surface area contributed by atoms with Crippen molar-refractivity contribution in [1.29, 1.82) is 0 Å². The summed E-state index contributed by atoms with van der Waals surface area (Å²) in [7, 11) is 2.17. The Hall–Kier alpha value is -1.11. The Morgan fingerprint density at radius 3 is 2.57 bits per heavy atom. The maximum atomic E-state index is 6.13. The van der Waals surface area contributed by atoms with Crippen molar-refractivity contribution >= 4 is 23.2 Å². The van der Waals surface area contributed by atoms with Crippen LogP contribution in [0.15, 0.2) is 6.33 Å². The van der Waals surface area contributed by atoms with Crippen LogP contribution in [0.3, 0.4) is 0 Å². The summed E-state index contributed by atoms with van der Waals surface area (Å²) in [6.45, 7) is 9.73. The van der Waals surface area contributed by atoms with Gasteiger partial charge in [0, 0.05) is 38.8 Å². The number of piperazine rings is 1. The normalized spacial score (nSPS) is 18.9. The van der Waals surface area contributed by atoms with Gasteiger partial charge in [0.1, 0.15) is 17.2 Å². The quantitative estimate of drug-likeness (QED) is 0.856. The van der Waals surface area contributed by atoms with Gasteiger partial charge in [-0.1, -0.05) is 25.4 Å². The molecule has 2 rings (SSSR count). The molecule has 1 aromatic rings. The highest BCUT2D eigenvalue weighted by atomic mass is 35.5. The Balaban J connectivity index is 1.98.